The number of hydrogen-bond donors (Lipinski definition) is 1. The standard InChI is InChI=1S/C34H37F3O2/c1-6-24-19-22(10-15-28(24)31(38)39)7-11-25(20-23-8-13-27(14-9-23)34(35,36)37)26-12-16-29-30(21-26)33(4,5)18-17-32(29,2)3/h7-16,19,21,25H,6,17-18,20H2,1-5H3,(H,38,39). The van der Waals surface area contributed by atoms with Gasteiger partial charge < -0.3 is 5.11 Å². The third-order valence-electron chi connectivity index (χ3n) is 8.30. The molecule has 0 radical (unpaired) electrons. The molecule has 206 valence electrons. The molecule has 0 spiro atoms. The highest BCUT2D eigenvalue weighted by molar-refractivity contribution is 5.89. The topological polar surface area (TPSA) is 37.3 Å². The molecular formula is C34H37F3O2. The quantitative estimate of drug-likeness (QED) is 0.328. The highest BCUT2D eigenvalue weighted by Crippen LogP contribution is 2.46. The molecule has 1 aliphatic carbocycles. The zero-order chi connectivity index (χ0) is 28.6. The number of benzene rings is 3. The fraction of sp³-hybridized carbons (Fsp3) is 0.382. The summed E-state index contributed by atoms with van der Waals surface area (Å²) in [4.78, 5) is 11.6. The number of halogens is 3. The third kappa shape index (κ3) is 6.29. The lowest BCUT2D eigenvalue weighted by Gasteiger charge is -2.42. The second kappa shape index (κ2) is 10.7. The molecule has 39 heavy (non-hydrogen) atoms. The van der Waals surface area contributed by atoms with Crippen molar-refractivity contribution in [2.75, 3.05) is 0 Å². The van der Waals surface area contributed by atoms with Crippen LogP contribution in [-0.2, 0) is 29.8 Å². The van der Waals surface area contributed by atoms with Gasteiger partial charge in [0.25, 0.3) is 0 Å². The van der Waals surface area contributed by atoms with Crippen LogP contribution in [0, 0.1) is 0 Å². The van der Waals surface area contributed by atoms with Crippen molar-refractivity contribution in [1.82, 2.24) is 0 Å². The minimum atomic E-state index is -4.37. The number of carbonyl (C=O) groups is 1. The maximum atomic E-state index is 13.1. The summed E-state index contributed by atoms with van der Waals surface area (Å²) in [5, 5.41) is 9.48. The van der Waals surface area contributed by atoms with Gasteiger partial charge in [-0.3, -0.25) is 0 Å². The Morgan fingerprint density at radius 2 is 1.56 bits per heavy atom. The van der Waals surface area contributed by atoms with E-state index < -0.39 is 17.7 Å². The van der Waals surface area contributed by atoms with Crippen LogP contribution >= 0.6 is 0 Å². The minimum absolute atomic E-state index is 0.0339. The predicted molar refractivity (Wildman–Crippen MR) is 151 cm³/mol. The van der Waals surface area contributed by atoms with Crippen LogP contribution in [0.3, 0.4) is 0 Å². The summed E-state index contributed by atoms with van der Waals surface area (Å²) in [5.41, 5.74) is 6.07. The van der Waals surface area contributed by atoms with Gasteiger partial charge in [0, 0.05) is 5.92 Å². The van der Waals surface area contributed by atoms with E-state index in [0.29, 0.717) is 18.4 Å². The number of carboxylic acids is 1. The number of aromatic carboxylic acids is 1. The summed E-state index contributed by atoms with van der Waals surface area (Å²) in [6.07, 6.45) is 3.08. The SMILES string of the molecule is CCc1cc(C=CC(Cc2ccc(C(F)(F)F)cc2)c2ccc3c(c2)C(C)(C)CCC3(C)C)ccc1C(=O)O. The van der Waals surface area contributed by atoms with Gasteiger partial charge in [-0.2, -0.15) is 13.2 Å². The summed E-state index contributed by atoms with van der Waals surface area (Å²) in [6.45, 7) is 11.1. The molecule has 0 bridgehead atoms. The van der Waals surface area contributed by atoms with E-state index in [1.807, 2.05) is 19.1 Å². The van der Waals surface area contributed by atoms with Gasteiger partial charge >= 0.3 is 12.1 Å². The van der Waals surface area contributed by atoms with Crippen molar-refractivity contribution in [1.29, 1.82) is 0 Å². The lowest BCUT2D eigenvalue weighted by Crippen LogP contribution is -2.34. The average molecular weight is 535 g/mol. The van der Waals surface area contributed by atoms with Crippen LogP contribution in [0.25, 0.3) is 6.08 Å². The minimum Gasteiger partial charge on any atom is -0.478 e. The van der Waals surface area contributed by atoms with Crippen molar-refractivity contribution in [3.8, 4) is 0 Å². The predicted octanol–water partition coefficient (Wildman–Crippen LogP) is 9.35. The van der Waals surface area contributed by atoms with E-state index in [0.717, 1.165) is 47.2 Å². The normalized spacial score (nSPS) is 17.1. The second-order valence-electron chi connectivity index (χ2n) is 12.0. The summed E-state index contributed by atoms with van der Waals surface area (Å²) >= 11 is 0. The van der Waals surface area contributed by atoms with Crippen LogP contribution in [0.2, 0.25) is 0 Å². The Morgan fingerprint density at radius 3 is 2.15 bits per heavy atom. The number of hydrogen-bond acceptors (Lipinski definition) is 1. The highest BCUT2D eigenvalue weighted by atomic mass is 19.4. The first-order valence-electron chi connectivity index (χ1n) is 13.6. The van der Waals surface area contributed by atoms with Crippen molar-refractivity contribution in [3.63, 3.8) is 0 Å². The molecule has 0 saturated heterocycles. The molecule has 1 atom stereocenters. The van der Waals surface area contributed by atoms with Crippen molar-refractivity contribution in [3.05, 3.63) is 111 Å². The van der Waals surface area contributed by atoms with E-state index in [2.05, 4.69) is 52.0 Å². The van der Waals surface area contributed by atoms with E-state index in [1.54, 1.807) is 24.3 Å². The third-order valence-corrected chi connectivity index (χ3v) is 8.30. The van der Waals surface area contributed by atoms with Gasteiger partial charge in [-0.25, -0.2) is 4.79 Å². The van der Waals surface area contributed by atoms with Crippen LogP contribution in [0.5, 0.6) is 0 Å². The van der Waals surface area contributed by atoms with Crippen LogP contribution in [0.1, 0.15) is 103 Å². The first kappa shape index (κ1) is 28.7. The Labute approximate surface area is 229 Å². The van der Waals surface area contributed by atoms with Gasteiger partial charge in [0.2, 0.25) is 0 Å². The van der Waals surface area contributed by atoms with E-state index in [9.17, 15) is 23.1 Å². The van der Waals surface area contributed by atoms with Gasteiger partial charge in [0.05, 0.1) is 11.1 Å². The Hall–Kier alpha value is -3.34. The van der Waals surface area contributed by atoms with Crippen LogP contribution in [0.15, 0.2) is 66.7 Å². The fourth-order valence-corrected chi connectivity index (χ4v) is 5.66. The number of aryl methyl sites for hydroxylation is 1. The highest BCUT2D eigenvalue weighted by Gasteiger charge is 2.37. The molecule has 3 aromatic rings. The van der Waals surface area contributed by atoms with Gasteiger partial charge in [-0.05, 0) is 88.1 Å². The van der Waals surface area contributed by atoms with Crippen LogP contribution < -0.4 is 0 Å². The summed E-state index contributed by atoms with van der Waals surface area (Å²) in [5.74, 6) is -1.01. The fourth-order valence-electron chi connectivity index (χ4n) is 5.66. The van der Waals surface area contributed by atoms with Gasteiger partial charge in [0.15, 0.2) is 0 Å². The molecule has 1 unspecified atom stereocenters. The summed E-state index contributed by atoms with van der Waals surface area (Å²) in [6, 6.07) is 17.4. The van der Waals surface area contributed by atoms with Crippen molar-refractivity contribution >= 4 is 12.0 Å². The molecule has 2 nitrogen and oxygen atoms in total. The molecule has 1 N–H and O–H groups in total. The summed E-state index contributed by atoms with van der Waals surface area (Å²) < 4.78 is 39.4. The Bertz CT molecular complexity index is 1380. The Kier molecular flexibility index (Phi) is 7.84. The number of allylic oxidation sites excluding steroid dienone is 1. The van der Waals surface area contributed by atoms with Gasteiger partial charge in [0.1, 0.15) is 0 Å². The summed E-state index contributed by atoms with van der Waals surface area (Å²) in [7, 11) is 0. The zero-order valence-electron chi connectivity index (χ0n) is 23.3. The Morgan fingerprint density at radius 1 is 0.923 bits per heavy atom. The molecule has 0 amide bonds. The van der Waals surface area contributed by atoms with Crippen molar-refractivity contribution in [2.24, 2.45) is 0 Å². The maximum absolute atomic E-state index is 13.1. The lowest BCUT2D eigenvalue weighted by atomic mass is 9.62. The number of carboxylic acid groups (broad SMARTS) is 1. The number of alkyl halides is 3. The molecule has 3 aromatic carbocycles. The molecule has 0 aromatic heterocycles. The zero-order valence-corrected chi connectivity index (χ0v) is 23.3. The van der Waals surface area contributed by atoms with Gasteiger partial charge in [-0.1, -0.05) is 89.2 Å². The largest absolute Gasteiger partial charge is 0.478 e. The molecule has 4 rings (SSSR count). The molecule has 0 aliphatic heterocycles. The number of rotatable bonds is 7. The van der Waals surface area contributed by atoms with Gasteiger partial charge in [-0.15, -0.1) is 0 Å². The van der Waals surface area contributed by atoms with E-state index in [4.69, 9.17) is 0 Å². The first-order valence-corrected chi connectivity index (χ1v) is 13.6. The number of fused-ring (bicyclic) bond motifs is 1. The molecule has 0 saturated carbocycles. The molecule has 1 aliphatic rings. The first-order chi connectivity index (χ1) is 18.2. The lowest BCUT2D eigenvalue weighted by molar-refractivity contribution is -0.137. The average Bonchev–Trinajstić information content (AvgIpc) is 2.88. The van der Waals surface area contributed by atoms with Crippen LogP contribution in [0.4, 0.5) is 13.2 Å². The monoisotopic (exact) mass is 534 g/mol. The van der Waals surface area contributed by atoms with Crippen molar-refractivity contribution in [2.45, 2.75) is 83.2 Å². The molecule has 5 heteroatoms. The van der Waals surface area contributed by atoms with E-state index >= 15 is 0 Å². The smallest absolute Gasteiger partial charge is 0.416 e. The Balaban J connectivity index is 1.75. The molecular weight excluding hydrogens is 497 g/mol. The van der Waals surface area contributed by atoms with Crippen LogP contribution in [-0.4, -0.2) is 11.1 Å². The maximum Gasteiger partial charge on any atom is 0.416 e. The second-order valence-corrected chi connectivity index (χ2v) is 12.0. The van der Waals surface area contributed by atoms with E-state index in [-0.39, 0.29) is 16.7 Å². The van der Waals surface area contributed by atoms with Crippen molar-refractivity contribution < 1.29 is 23.1 Å². The molecule has 0 fully saturated rings. The van der Waals surface area contributed by atoms with E-state index in [1.165, 1.54) is 11.1 Å². The molecule has 0 heterocycles.